The Morgan fingerprint density at radius 1 is 0.619 bits per heavy atom. The Bertz CT molecular complexity index is 1150. The average molecular weight is 337 g/mol. The summed E-state index contributed by atoms with van der Waals surface area (Å²) in [6, 6.07) is 18.3. The zero-order valence-electron chi connectivity index (χ0n) is 10.9. The topological polar surface area (TPSA) is 26.3 Å². The fraction of sp³-hybridized carbons (Fsp3) is 0. The third-order valence-electron chi connectivity index (χ3n) is 3.96. The van der Waals surface area contributed by atoms with Gasteiger partial charge in [0.05, 0.1) is 9.86 Å². The number of fused-ring (bicyclic) bond motifs is 7. The van der Waals surface area contributed by atoms with Crippen molar-refractivity contribution >= 4 is 59.8 Å². The molecule has 2 nitrogen and oxygen atoms in total. The van der Waals surface area contributed by atoms with Gasteiger partial charge in [-0.25, -0.2) is 0 Å². The second-order valence-electron chi connectivity index (χ2n) is 5.13. The predicted octanol–water partition coefficient (Wildman–Crippen LogP) is 6.25. The van der Waals surface area contributed by atoms with Crippen LogP contribution in [0.25, 0.3) is 43.9 Å². The molecular formula is C18H9BrO2. The number of benzene rings is 3. The number of hydrogen-bond donors (Lipinski definition) is 0. The molecule has 5 rings (SSSR count). The largest absolute Gasteiger partial charge is 0.456 e. The van der Waals surface area contributed by atoms with Gasteiger partial charge in [0.2, 0.25) is 0 Å². The van der Waals surface area contributed by atoms with Crippen molar-refractivity contribution in [3.05, 3.63) is 59.1 Å². The molecule has 0 saturated carbocycles. The molecule has 0 aliphatic heterocycles. The maximum Gasteiger partial charge on any atom is 0.149 e. The average Bonchev–Trinajstić information content (AvgIpc) is 3.05. The Morgan fingerprint density at radius 2 is 1.43 bits per heavy atom. The number of hydrogen-bond acceptors (Lipinski definition) is 2. The van der Waals surface area contributed by atoms with E-state index in [0.29, 0.717) is 0 Å². The zero-order chi connectivity index (χ0) is 14.0. The Balaban J connectivity index is 2.13. The summed E-state index contributed by atoms with van der Waals surface area (Å²) in [6.07, 6.45) is 0. The van der Waals surface area contributed by atoms with Crippen LogP contribution in [0, 0.1) is 0 Å². The van der Waals surface area contributed by atoms with Crippen LogP contribution in [0.3, 0.4) is 0 Å². The lowest BCUT2D eigenvalue weighted by atomic mass is 10.1. The fourth-order valence-corrected chi connectivity index (χ4v) is 3.48. The molecule has 5 aromatic rings. The van der Waals surface area contributed by atoms with Crippen molar-refractivity contribution in [1.82, 2.24) is 0 Å². The molecule has 0 N–H and O–H groups in total. The van der Waals surface area contributed by atoms with Crippen LogP contribution in [0.4, 0.5) is 0 Å². The lowest BCUT2D eigenvalue weighted by Gasteiger charge is -1.91. The molecular weight excluding hydrogens is 328 g/mol. The summed E-state index contributed by atoms with van der Waals surface area (Å²) < 4.78 is 13.0. The fourth-order valence-electron chi connectivity index (χ4n) is 3.03. The highest BCUT2D eigenvalue weighted by Crippen LogP contribution is 2.40. The summed E-state index contributed by atoms with van der Waals surface area (Å²) in [7, 11) is 0. The second-order valence-corrected chi connectivity index (χ2v) is 5.99. The Hall–Kier alpha value is -2.26. The lowest BCUT2D eigenvalue weighted by Crippen LogP contribution is -1.69. The van der Waals surface area contributed by atoms with Crippen LogP contribution in [0.15, 0.2) is 67.9 Å². The Labute approximate surface area is 128 Å². The zero-order valence-corrected chi connectivity index (χ0v) is 12.5. The van der Waals surface area contributed by atoms with Gasteiger partial charge in [-0.1, -0.05) is 30.3 Å². The van der Waals surface area contributed by atoms with Crippen molar-refractivity contribution in [2.24, 2.45) is 0 Å². The summed E-state index contributed by atoms with van der Waals surface area (Å²) in [5.41, 5.74) is 3.52. The van der Waals surface area contributed by atoms with Crippen LogP contribution >= 0.6 is 15.9 Å². The van der Waals surface area contributed by atoms with E-state index in [9.17, 15) is 0 Å². The van der Waals surface area contributed by atoms with E-state index in [-0.39, 0.29) is 0 Å². The normalized spacial score (nSPS) is 12.0. The van der Waals surface area contributed by atoms with Crippen LogP contribution < -0.4 is 0 Å². The van der Waals surface area contributed by atoms with Gasteiger partial charge in [-0.3, -0.25) is 0 Å². The molecule has 0 amide bonds. The molecule has 0 unspecified atom stereocenters. The molecule has 3 aromatic carbocycles. The molecule has 0 radical (unpaired) electrons. The molecule has 0 aliphatic rings. The van der Waals surface area contributed by atoms with Gasteiger partial charge >= 0.3 is 0 Å². The molecule has 3 heteroatoms. The van der Waals surface area contributed by atoms with E-state index in [1.54, 1.807) is 0 Å². The highest BCUT2D eigenvalue weighted by atomic mass is 79.9. The summed E-state index contributed by atoms with van der Waals surface area (Å²) in [5.74, 6) is 0. The van der Waals surface area contributed by atoms with E-state index < -0.39 is 0 Å². The summed E-state index contributed by atoms with van der Waals surface area (Å²) in [4.78, 5) is 0. The maximum atomic E-state index is 6.16. The molecule has 100 valence electrons. The molecule has 2 heterocycles. The lowest BCUT2D eigenvalue weighted by molar-refractivity contribution is 0.662. The smallest absolute Gasteiger partial charge is 0.149 e. The molecule has 2 aromatic heterocycles. The second kappa shape index (κ2) is 3.89. The van der Waals surface area contributed by atoms with Gasteiger partial charge in [-0.2, -0.15) is 0 Å². The van der Waals surface area contributed by atoms with E-state index in [4.69, 9.17) is 8.83 Å². The Kier molecular flexibility index (Phi) is 2.11. The number of para-hydroxylation sites is 2. The molecule has 0 atom stereocenters. The highest BCUT2D eigenvalue weighted by molar-refractivity contribution is 9.10. The van der Waals surface area contributed by atoms with Crippen LogP contribution in [-0.4, -0.2) is 0 Å². The van der Waals surface area contributed by atoms with Crippen molar-refractivity contribution in [2.75, 3.05) is 0 Å². The number of furan rings is 2. The first-order valence-electron chi connectivity index (χ1n) is 6.74. The van der Waals surface area contributed by atoms with Gasteiger partial charge in [0, 0.05) is 16.2 Å². The van der Waals surface area contributed by atoms with E-state index >= 15 is 0 Å². The quantitative estimate of drug-likeness (QED) is 0.334. The van der Waals surface area contributed by atoms with E-state index in [1.807, 2.05) is 36.4 Å². The minimum absolute atomic E-state index is 0.860. The molecule has 0 saturated heterocycles. The van der Waals surface area contributed by atoms with Crippen molar-refractivity contribution in [3.63, 3.8) is 0 Å². The van der Waals surface area contributed by atoms with E-state index in [1.165, 1.54) is 0 Å². The SMILES string of the molecule is Brc1cccc2c1oc1c2ccc2oc3ccccc3c21. The maximum absolute atomic E-state index is 6.16. The Morgan fingerprint density at radius 3 is 2.38 bits per heavy atom. The molecule has 21 heavy (non-hydrogen) atoms. The van der Waals surface area contributed by atoms with Crippen LogP contribution in [-0.2, 0) is 0 Å². The third kappa shape index (κ3) is 1.41. The van der Waals surface area contributed by atoms with Crippen LogP contribution in [0.1, 0.15) is 0 Å². The van der Waals surface area contributed by atoms with Crippen LogP contribution in [0.2, 0.25) is 0 Å². The van der Waals surface area contributed by atoms with E-state index in [0.717, 1.165) is 48.3 Å². The van der Waals surface area contributed by atoms with Crippen LogP contribution in [0.5, 0.6) is 0 Å². The minimum Gasteiger partial charge on any atom is -0.456 e. The van der Waals surface area contributed by atoms with Gasteiger partial charge in [-0.05, 0) is 40.2 Å². The molecule has 0 aliphatic carbocycles. The molecule has 0 fully saturated rings. The molecule has 0 bridgehead atoms. The molecule has 0 spiro atoms. The highest BCUT2D eigenvalue weighted by Gasteiger charge is 2.16. The number of halogens is 1. The van der Waals surface area contributed by atoms with E-state index in [2.05, 4.69) is 34.1 Å². The van der Waals surface area contributed by atoms with Crippen molar-refractivity contribution in [1.29, 1.82) is 0 Å². The number of rotatable bonds is 0. The first-order chi connectivity index (χ1) is 10.3. The standard InChI is InChI=1S/C18H9BrO2/c19-13-6-3-5-10-11-8-9-15-16(18(11)21-17(10)13)12-4-1-2-7-14(12)20-15/h1-9H. The van der Waals surface area contributed by atoms with Gasteiger partial charge in [0.25, 0.3) is 0 Å². The van der Waals surface area contributed by atoms with Crippen molar-refractivity contribution in [3.8, 4) is 0 Å². The van der Waals surface area contributed by atoms with Gasteiger partial charge < -0.3 is 8.83 Å². The first kappa shape index (κ1) is 11.4. The first-order valence-corrected chi connectivity index (χ1v) is 7.53. The monoisotopic (exact) mass is 336 g/mol. The third-order valence-corrected chi connectivity index (χ3v) is 4.58. The van der Waals surface area contributed by atoms with Gasteiger partial charge in [0.15, 0.2) is 0 Å². The summed E-state index contributed by atoms with van der Waals surface area (Å²) in [5, 5.41) is 4.37. The van der Waals surface area contributed by atoms with Gasteiger partial charge in [-0.15, -0.1) is 0 Å². The summed E-state index contributed by atoms with van der Waals surface area (Å²) in [6.45, 7) is 0. The minimum atomic E-state index is 0.860. The predicted molar refractivity (Wildman–Crippen MR) is 88.7 cm³/mol. The van der Waals surface area contributed by atoms with Gasteiger partial charge in [0.1, 0.15) is 22.3 Å². The van der Waals surface area contributed by atoms with Crippen molar-refractivity contribution < 1.29 is 8.83 Å². The van der Waals surface area contributed by atoms with Crippen molar-refractivity contribution in [2.45, 2.75) is 0 Å². The summed E-state index contributed by atoms with van der Waals surface area (Å²) >= 11 is 3.56.